The number of carboxylic acids is 1. The Kier molecular flexibility index (Phi) is 33.2. The van der Waals surface area contributed by atoms with Gasteiger partial charge in [-0.3, -0.25) is 34.0 Å². The van der Waals surface area contributed by atoms with Crippen LogP contribution in [-0.2, 0) is 65.4 Å². The number of carbonyl (C=O) groups excluding carboxylic acids is 3. The fourth-order valence-electron chi connectivity index (χ4n) is 5.25. The van der Waals surface area contributed by atoms with Crippen molar-refractivity contribution in [1.82, 2.24) is 19.4 Å². The third-order valence-electron chi connectivity index (χ3n) is 8.07. The lowest BCUT2D eigenvalue weighted by molar-refractivity contribution is -0.193. The molecule has 0 aliphatic heterocycles. The van der Waals surface area contributed by atoms with Gasteiger partial charge < -0.3 is 33.8 Å². The molecule has 0 saturated heterocycles. The van der Waals surface area contributed by atoms with Crippen LogP contribution in [0.1, 0.15) is 54.9 Å². The third kappa shape index (κ3) is 25.8. The summed E-state index contributed by atoms with van der Waals surface area (Å²) in [6.45, 7) is 15.0. The summed E-state index contributed by atoms with van der Waals surface area (Å²) in [6.07, 6.45) is 5.54. The number of nitrogens with one attached hydrogen (secondary N) is 1. The summed E-state index contributed by atoms with van der Waals surface area (Å²) >= 11 is 22.4. The summed E-state index contributed by atoms with van der Waals surface area (Å²) in [5, 5.41) is 9.98. The molecule has 2 aromatic carbocycles. The number of hydrogen-bond donors (Lipinski definition) is 3. The van der Waals surface area contributed by atoms with Crippen molar-refractivity contribution in [2.24, 2.45) is 7.05 Å². The zero-order valence-corrected chi connectivity index (χ0v) is 44.9. The minimum Gasteiger partial charge on any atom is -0.778 e. The zero-order valence-electron chi connectivity index (χ0n) is 40.2. The van der Waals surface area contributed by atoms with Gasteiger partial charge in [-0.25, -0.2) is 14.2 Å². The van der Waals surface area contributed by atoms with E-state index in [1.165, 1.54) is 17.0 Å². The molecule has 70 heavy (non-hydrogen) atoms. The van der Waals surface area contributed by atoms with E-state index in [2.05, 4.69) is 45.8 Å². The van der Waals surface area contributed by atoms with Crippen molar-refractivity contribution in [2.75, 3.05) is 69.3 Å². The first kappa shape index (κ1) is 67.9. The lowest BCUT2D eigenvalue weighted by atomic mass is 10.0. The standard InChI is InChI=1S/C16H14ClF3N2O4.C14H20ClNO2.C8H11Cl2NO.C3H8NO5P.C3H9S/c1-8(2)26-14(24)10-6-9(4-5-11(10)17)22-13(23)7-12(16(18,19)20)21(3)15(22)25;1-4-11-7-6-8-12(5-2)14(11)16(10-18-3)13(17)9-15;1-3-5-11(6-4-2)8(12)7(9)10;5-3(6)1-4-2-10(7,8)9;1-4(2)3/h4-8H,1-3H3;6-8H,4-5,9-10H2,1-3H3;3-4,7H,1-2,5-6H2;4H,1-2H2,(H,5,6)(H2,7,8,9);1-3H3/q;;;;+1/p-1. The van der Waals surface area contributed by atoms with Crippen LogP contribution in [0.15, 0.2) is 77.4 Å². The smallest absolute Gasteiger partial charge is 0.431 e. The van der Waals surface area contributed by atoms with Crippen molar-refractivity contribution in [3.8, 4) is 5.69 Å². The number of aryl methyl sites for hydroxylation is 2. The second kappa shape index (κ2) is 34.3. The lowest BCUT2D eigenvalue weighted by Gasteiger charge is -2.26. The van der Waals surface area contributed by atoms with E-state index in [1.54, 1.807) is 38.0 Å². The molecule has 394 valence electrons. The maximum atomic E-state index is 12.9. The van der Waals surface area contributed by atoms with Crippen LogP contribution < -0.4 is 26.4 Å². The molecule has 1 atom stereocenters. The number of halogens is 7. The lowest BCUT2D eigenvalue weighted by Crippen LogP contribution is -2.40. The number of methoxy groups -OCH3 is 1. The van der Waals surface area contributed by atoms with Gasteiger partial charge in [0.05, 0.1) is 59.7 Å². The molecule has 1 unspecified atom stereocenters. The van der Waals surface area contributed by atoms with Crippen LogP contribution in [0, 0.1) is 0 Å². The largest absolute Gasteiger partial charge is 0.778 e. The van der Waals surface area contributed by atoms with Gasteiger partial charge in [0, 0.05) is 33.3 Å². The van der Waals surface area contributed by atoms with Crippen LogP contribution in [0.5, 0.6) is 0 Å². The van der Waals surface area contributed by atoms with Crippen molar-refractivity contribution in [3.63, 3.8) is 0 Å². The average Bonchev–Trinajstić information content (AvgIpc) is 3.25. The molecular formula is C44H61Cl4F3N5O12PS. The molecule has 1 aromatic heterocycles. The third-order valence-corrected chi connectivity index (χ3v) is 9.63. The molecule has 0 bridgehead atoms. The number of aliphatic carboxylic acids is 1. The minimum atomic E-state index is -4.86. The monoisotopic (exact) mass is 1110 g/mol. The molecule has 3 N–H and O–H groups in total. The normalized spacial score (nSPS) is 11.5. The van der Waals surface area contributed by atoms with E-state index in [0.29, 0.717) is 39.2 Å². The van der Waals surface area contributed by atoms with Crippen molar-refractivity contribution < 1.29 is 61.3 Å². The number of hydrogen-bond acceptors (Lipinski definition) is 11. The number of para-hydroxylation sites is 1. The highest BCUT2D eigenvalue weighted by molar-refractivity contribution is 7.94. The number of esters is 1. The molecule has 1 heterocycles. The Morgan fingerprint density at radius 1 is 1.00 bits per heavy atom. The predicted molar refractivity (Wildman–Crippen MR) is 271 cm³/mol. The number of nitrogens with zero attached hydrogens (tertiary/aromatic N) is 4. The molecular weight excluding hydrogens is 1050 g/mol. The van der Waals surface area contributed by atoms with Crippen molar-refractivity contribution >= 4 is 94.3 Å². The molecule has 0 aliphatic rings. The van der Waals surface area contributed by atoms with Crippen molar-refractivity contribution in [3.05, 3.63) is 116 Å². The number of alkyl halides is 6. The van der Waals surface area contributed by atoms with Gasteiger partial charge in [-0.15, -0.1) is 24.8 Å². The number of amides is 2. The van der Waals surface area contributed by atoms with Crippen molar-refractivity contribution in [1.29, 1.82) is 0 Å². The fraction of sp³-hybridized carbons (Fsp3) is 0.455. The van der Waals surface area contributed by atoms with Crippen LogP contribution in [0.3, 0.4) is 0 Å². The van der Waals surface area contributed by atoms with Crippen LogP contribution in [0.4, 0.5) is 18.9 Å². The number of aromatic nitrogens is 2. The molecule has 0 aliphatic carbocycles. The van der Waals surface area contributed by atoms with Crippen LogP contribution in [0.25, 0.3) is 5.69 Å². The molecule has 0 fully saturated rings. The Morgan fingerprint density at radius 2 is 1.51 bits per heavy atom. The Labute approximate surface area is 428 Å². The number of carboxylic acid groups (broad SMARTS) is 1. The molecule has 0 spiro atoms. The highest BCUT2D eigenvalue weighted by Crippen LogP contribution is 2.29. The van der Waals surface area contributed by atoms with E-state index < -0.39 is 66.4 Å². The maximum Gasteiger partial charge on any atom is 0.431 e. The highest BCUT2D eigenvalue weighted by atomic mass is 35.5. The summed E-state index contributed by atoms with van der Waals surface area (Å²) in [7, 11) is -1.24. The van der Waals surface area contributed by atoms with Gasteiger partial charge in [-0.05, 0) is 66.9 Å². The number of carbonyl (C=O) groups is 4. The Balaban J connectivity index is 0. The van der Waals surface area contributed by atoms with Gasteiger partial charge in [-0.2, -0.15) is 13.2 Å². The van der Waals surface area contributed by atoms with E-state index in [0.717, 1.165) is 42.8 Å². The van der Waals surface area contributed by atoms with Crippen LogP contribution >= 0.6 is 54.0 Å². The van der Waals surface area contributed by atoms with Crippen LogP contribution in [0.2, 0.25) is 5.02 Å². The van der Waals surface area contributed by atoms with Gasteiger partial charge in [-0.1, -0.05) is 79.0 Å². The summed E-state index contributed by atoms with van der Waals surface area (Å²) in [4.78, 5) is 89.4. The van der Waals surface area contributed by atoms with Crippen molar-refractivity contribution in [2.45, 2.75) is 57.7 Å². The predicted octanol–water partition coefficient (Wildman–Crippen LogP) is 6.41. The number of rotatable bonds is 18. The molecule has 3 rings (SSSR count). The van der Waals surface area contributed by atoms with Gasteiger partial charge in [0.1, 0.15) is 25.9 Å². The Hall–Kier alpha value is -4.15. The summed E-state index contributed by atoms with van der Waals surface area (Å²) in [5.74, 6) is -2.45. The summed E-state index contributed by atoms with van der Waals surface area (Å²) in [6, 6.07) is 10.0. The molecule has 0 radical (unpaired) electrons. The highest BCUT2D eigenvalue weighted by Gasteiger charge is 2.35. The number of benzene rings is 2. The number of ether oxygens (including phenoxy) is 2. The SMILES string of the molecule is C=CCN(CC=C)C(=O)C(Cl)Cl.CC(C)OC(=O)c1cc(-n2c(=O)cc(C(F)(F)F)n(C)c2=O)ccc1Cl.CCc1cccc(CC)c1N(COC)C(=O)CCl.C[S+](C)C.O=C(O)CNCP(=O)([O-])O. The van der Waals surface area contributed by atoms with Gasteiger partial charge >= 0.3 is 23.8 Å². The Morgan fingerprint density at radius 3 is 1.90 bits per heavy atom. The van der Waals surface area contributed by atoms with E-state index in [4.69, 9.17) is 65.9 Å². The van der Waals surface area contributed by atoms with Gasteiger partial charge in [0.25, 0.3) is 11.5 Å². The van der Waals surface area contributed by atoms with E-state index in [1.807, 2.05) is 23.5 Å². The van der Waals surface area contributed by atoms with E-state index >= 15 is 0 Å². The van der Waals surface area contributed by atoms with Gasteiger partial charge in [0.2, 0.25) is 5.91 Å². The first-order valence-corrected chi connectivity index (χ1v) is 26.5. The molecule has 0 saturated carbocycles. The molecule has 26 heteroatoms. The second-order valence-electron chi connectivity index (χ2n) is 14.6. The molecule has 2 amide bonds. The molecule has 17 nitrogen and oxygen atoms in total. The maximum absolute atomic E-state index is 12.9. The van der Waals surface area contributed by atoms with Crippen LogP contribution in [-0.4, -0.2) is 123 Å². The summed E-state index contributed by atoms with van der Waals surface area (Å²) in [5.41, 5.74) is -0.765. The first-order valence-electron chi connectivity index (χ1n) is 20.5. The summed E-state index contributed by atoms with van der Waals surface area (Å²) < 4.78 is 59.6. The van der Waals surface area contributed by atoms with E-state index in [9.17, 15) is 51.4 Å². The number of anilines is 1. The minimum absolute atomic E-state index is 0.0104. The topological polar surface area (TPSA) is 230 Å². The van der Waals surface area contributed by atoms with Gasteiger partial charge in [0.15, 0.2) is 4.84 Å². The molecule has 3 aromatic rings. The quantitative estimate of drug-likeness (QED) is 0.0313. The fourth-order valence-corrected chi connectivity index (χ4v) is 6.26. The Bertz CT molecular complexity index is 2310. The van der Waals surface area contributed by atoms with E-state index in [-0.39, 0.29) is 40.7 Å². The zero-order chi connectivity index (χ0) is 54.7. The second-order valence-corrected chi connectivity index (χ2v) is 20.4. The average molecular weight is 1110 g/mol. The first-order chi connectivity index (χ1) is 32.4.